The van der Waals surface area contributed by atoms with Gasteiger partial charge in [-0.05, 0) is 0 Å². The number of halogens is 1. The average Bonchev–Trinajstić information content (AvgIpc) is 2.65. The first-order valence-electron chi connectivity index (χ1n) is 5.24. The third-order valence-electron chi connectivity index (χ3n) is 2.60. The molecule has 2 rings (SSSR count). The number of carbonyl (C=O) groups excluding carboxylic acids is 2. The number of alkyl halides is 1. The maximum Gasteiger partial charge on any atom is 0.303 e. The van der Waals surface area contributed by atoms with Gasteiger partial charge < -0.3 is 18.9 Å². The molecule has 0 aliphatic carbocycles. The van der Waals surface area contributed by atoms with Crippen molar-refractivity contribution in [3.05, 3.63) is 0 Å². The molecule has 2 aliphatic heterocycles. The van der Waals surface area contributed by atoms with Crippen LogP contribution in [0.2, 0.25) is 0 Å². The largest absolute Gasteiger partial charge is 0.457 e. The van der Waals surface area contributed by atoms with Crippen molar-refractivity contribution in [1.29, 1.82) is 0 Å². The van der Waals surface area contributed by atoms with Crippen molar-refractivity contribution in [2.45, 2.75) is 42.4 Å². The molecule has 17 heavy (non-hydrogen) atoms. The van der Waals surface area contributed by atoms with E-state index < -0.39 is 30.4 Å². The summed E-state index contributed by atoms with van der Waals surface area (Å²) in [6, 6.07) is 0. The van der Waals surface area contributed by atoms with E-state index in [1.54, 1.807) is 0 Å². The van der Waals surface area contributed by atoms with Gasteiger partial charge in [-0.15, -0.1) is 0 Å². The Balaban J connectivity index is 2.16. The van der Waals surface area contributed by atoms with Gasteiger partial charge in [-0.1, -0.05) is 22.6 Å². The molecule has 0 saturated carbocycles. The second-order valence-corrected chi connectivity index (χ2v) is 5.41. The lowest BCUT2D eigenvalue weighted by Crippen LogP contribution is -2.54. The highest BCUT2D eigenvalue weighted by molar-refractivity contribution is 14.1. The van der Waals surface area contributed by atoms with Gasteiger partial charge in [-0.25, -0.2) is 0 Å². The number of carbonyl (C=O) groups is 2. The monoisotopic (exact) mass is 356 g/mol. The van der Waals surface area contributed by atoms with Gasteiger partial charge >= 0.3 is 11.9 Å². The Morgan fingerprint density at radius 1 is 1.18 bits per heavy atom. The number of hydrogen-bond acceptors (Lipinski definition) is 6. The highest BCUT2D eigenvalue weighted by atomic mass is 127. The maximum atomic E-state index is 11.1. The van der Waals surface area contributed by atoms with Crippen LogP contribution < -0.4 is 0 Å². The average molecular weight is 356 g/mol. The van der Waals surface area contributed by atoms with Crippen LogP contribution >= 0.6 is 22.6 Å². The first kappa shape index (κ1) is 13.0. The summed E-state index contributed by atoms with van der Waals surface area (Å²) in [4.78, 5) is 22.1. The number of hydrogen-bond donors (Lipinski definition) is 0. The molecule has 2 unspecified atom stereocenters. The van der Waals surface area contributed by atoms with Gasteiger partial charge in [-0.3, -0.25) is 9.59 Å². The number of fused-ring (bicyclic) bond motifs is 2. The Hall–Kier alpha value is -0.410. The second kappa shape index (κ2) is 5.07. The molecule has 96 valence electrons. The molecule has 0 radical (unpaired) electrons. The van der Waals surface area contributed by atoms with Gasteiger partial charge in [0.05, 0.1) is 6.61 Å². The fourth-order valence-corrected chi connectivity index (χ4v) is 2.92. The second-order valence-electron chi connectivity index (χ2n) is 3.97. The molecular formula is C10H13IO6. The van der Waals surface area contributed by atoms with Crippen molar-refractivity contribution in [2.75, 3.05) is 6.61 Å². The van der Waals surface area contributed by atoms with E-state index in [9.17, 15) is 9.59 Å². The van der Waals surface area contributed by atoms with Crippen molar-refractivity contribution in [1.82, 2.24) is 0 Å². The summed E-state index contributed by atoms with van der Waals surface area (Å²) in [7, 11) is 0. The molecule has 2 fully saturated rings. The number of esters is 2. The van der Waals surface area contributed by atoms with E-state index >= 15 is 0 Å². The standard InChI is InChI=1S/C10H13IO6/c1-4(12)15-8-6-3-14-10(17-6)7(11)9(8)16-5(2)13/h6-10H,3H2,1-2H3/t6?,7?,8-,9+,10-/m1/s1. The molecule has 2 bridgehead atoms. The molecule has 2 heterocycles. The number of ether oxygens (including phenoxy) is 4. The molecule has 5 atom stereocenters. The van der Waals surface area contributed by atoms with Crippen LogP contribution in [0, 0.1) is 0 Å². The van der Waals surface area contributed by atoms with Crippen molar-refractivity contribution in [3.63, 3.8) is 0 Å². The quantitative estimate of drug-likeness (QED) is 0.406. The van der Waals surface area contributed by atoms with E-state index in [-0.39, 0.29) is 10.0 Å². The third kappa shape index (κ3) is 2.71. The Bertz CT molecular complexity index is 317. The maximum absolute atomic E-state index is 11.1. The van der Waals surface area contributed by atoms with Gasteiger partial charge in [0, 0.05) is 13.8 Å². The Kier molecular flexibility index (Phi) is 3.88. The van der Waals surface area contributed by atoms with Gasteiger partial charge in [0.2, 0.25) is 0 Å². The zero-order valence-electron chi connectivity index (χ0n) is 9.42. The minimum absolute atomic E-state index is 0.195. The van der Waals surface area contributed by atoms with E-state index in [4.69, 9.17) is 18.9 Å². The Morgan fingerprint density at radius 3 is 2.35 bits per heavy atom. The molecular weight excluding hydrogens is 343 g/mol. The minimum Gasteiger partial charge on any atom is -0.457 e. The minimum atomic E-state index is -0.600. The van der Waals surface area contributed by atoms with Crippen LogP contribution in [0.5, 0.6) is 0 Å². The molecule has 2 saturated heterocycles. The van der Waals surface area contributed by atoms with Crippen molar-refractivity contribution in [2.24, 2.45) is 0 Å². The zero-order chi connectivity index (χ0) is 12.6. The summed E-state index contributed by atoms with van der Waals surface area (Å²) in [6.45, 7) is 2.99. The van der Waals surface area contributed by atoms with Crippen molar-refractivity contribution in [3.8, 4) is 0 Å². The molecule has 7 heteroatoms. The SMILES string of the molecule is CC(=O)O[C@@H]1C2CO[C@H](O2)C(I)[C@@H]1OC(C)=O. The Labute approximate surface area is 112 Å². The Morgan fingerprint density at radius 2 is 1.76 bits per heavy atom. The van der Waals surface area contributed by atoms with E-state index in [2.05, 4.69) is 22.6 Å². The first-order valence-corrected chi connectivity index (χ1v) is 6.49. The topological polar surface area (TPSA) is 71.1 Å². The lowest BCUT2D eigenvalue weighted by Gasteiger charge is -2.37. The molecule has 0 amide bonds. The van der Waals surface area contributed by atoms with E-state index in [0.29, 0.717) is 6.61 Å². The highest BCUT2D eigenvalue weighted by Crippen LogP contribution is 2.35. The van der Waals surface area contributed by atoms with E-state index in [1.165, 1.54) is 13.8 Å². The van der Waals surface area contributed by atoms with E-state index in [1.807, 2.05) is 0 Å². The smallest absolute Gasteiger partial charge is 0.303 e. The normalized spacial score (nSPS) is 39.8. The summed E-state index contributed by atoms with van der Waals surface area (Å²) >= 11 is 2.08. The van der Waals surface area contributed by atoms with Gasteiger partial charge in [0.1, 0.15) is 10.0 Å². The summed E-state index contributed by atoms with van der Waals surface area (Å²) in [5, 5.41) is 0. The summed E-state index contributed by atoms with van der Waals surface area (Å²) in [6.07, 6.45) is -1.89. The lowest BCUT2D eigenvalue weighted by molar-refractivity contribution is -0.198. The van der Waals surface area contributed by atoms with Crippen LogP contribution in [-0.2, 0) is 28.5 Å². The molecule has 0 N–H and O–H groups in total. The van der Waals surface area contributed by atoms with Crippen LogP contribution in [-0.4, -0.2) is 47.1 Å². The van der Waals surface area contributed by atoms with Crippen LogP contribution in [0.3, 0.4) is 0 Å². The molecule has 0 spiro atoms. The molecule has 0 aromatic rings. The lowest BCUT2D eigenvalue weighted by atomic mass is 10.0. The zero-order valence-corrected chi connectivity index (χ0v) is 11.6. The van der Waals surface area contributed by atoms with Crippen LogP contribution in [0.15, 0.2) is 0 Å². The van der Waals surface area contributed by atoms with E-state index in [0.717, 1.165) is 0 Å². The summed E-state index contributed by atoms with van der Waals surface area (Å²) < 4.78 is 21.1. The van der Waals surface area contributed by atoms with Crippen molar-refractivity contribution < 1.29 is 28.5 Å². The molecule has 2 aliphatic rings. The van der Waals surface area contributed by atoms with Crippen LogP contribution in [0.25, 0.3) is 0 Å². The van der Waals surface area contributed by atoms with Crippen LogP contribution in [0.4, 0.5) is 0 Å². The molecule has 6 nitrogen and oxygen atoms in total. The van der Waals surface area contributed by atoms with Gasteiger partial charge in [0.15, 0.2) is 18.5 Å². The first-order chi connectivity index (χ1) is 7.99. The predicted octanol–water partition coefficient (Wildman–Crippen LogP) is 0.408. The fourth-order valence-electron chi connectivity index (χ4n) is 1.99. The molecule has 0 aromatic heterocycles. The van der Waals surface area contributed by atoms with Crippen LogP contribution in [0.1, 0.15) is 13.8 Å². The van der Waals surface area contributed by atoms with Gasteiger partial charge in [0.25, 0.3) is 0 Å². The number of rotatable bonds is 2. The van der Waals surface area contributed by atoms with Crippen molar-refractivity contribution >= 4 is 34.5 Å². The summed E-state index contributed by atoms with van der Waals surface area (Å²) in [5.74, 6) is -0.833. The predicted molar refractivity (Wildman–Crippen MR) is 63.5 cm³/mol. The summed E-state index contributed by atoms with van der Waals surface area (Å²) in [5.41, 5.74) is 0. The third-order valence-corrected chi connectivity index (χ3v) is 3.90. The highest BCUT2D eigenvalue weighted by Gasteiger charge is 2.53. The fraction of sp³-hybridized carbons (Fsp3) is 0.800. The molecule has 0 aromatic carbocycles. The van der Waals surface area contributed by atoms with Gasteiger partial charge in [-0.2, -0.15) is 0 Å².